The summed E-state index contributed by atoms with van der Waals surface area (Å²) in [7, 11) is 0. The van der Waals surface area contributed by atoms with Gasteiger partial charge in [0, 0.05) is 27.5 Å². The quantitative estimate of drug-likeness (QED) is 0.327. The molecule has 0 saturated carbocycles. The zero-order chi connectivity index (χ0) is 14.7. The van der Waals surface area contributed by atoms with Gasteiger partial charge >= 0.3 is 0 Å². The van der Waals surface area contributed by atoms with Crippen molar-refractivity contribution >= 4 is 51.0 Å². The van der Waals surface area contributed by atoms with E-state index in [0.717, 1.165) is 3.57 Å². The number of ketones is 1. The van der Waals surface area contributed by atoms with Gasteiger partial charge < -0.3 is 4.57 Å². The molecular formula is C13H11BrIN3O3. The Balaban J connectivity index is 0.00000220. The van der Waals surface area contributed by atoms with Gasteiger partial charge in [0.15, 0.2) is 5.78 Å². The summed E-state index contributed by atoms with van der Waals surface area (Å²) in [6.07, 6.45) is 1.69. The fraction of sp³-hybridized carbons (Fsp3) is 0.0769. The molecule has 0 radical (unpaired) electrons. The number of halogens is 2. The number of carbonyl (C=O) groups excluding carboxylic acids is 1. The minimum atomic E-state index is -0.536. The SMILES string of the molecule is Br.N=c1ccc(I)cn1CC(=O)c1cccc([N+](=O)[O-])c1. The number of Topliss-reactive ketones (excluding diaryl/α,β-unsaturated/α-hetero) is 1. The van der Waals surface area contributed by atoms with Gasteiger partial charge in [0.1, 0.15) is 5.49 Å². The zero-order valence-electron chi connectivity index (χ0n) is 10.7. The lowest BCUT2D eigenvalue weighted by Crippen LogP contribution is -2.23. The van der Waals surface area contributed by atoms with Gasteiger partial charge in [-0.15, -0.1) is 17.0 Å². The van der Waals surface area contributed by atoms with Crippen molar-refractivity contribution in [3.63, 3.8) is 0 Å². The molecule has 6 nitrogen and oxygen atoms in total. The Hall–Kier alpha value is -1.55. The first-order valence-electron chi connectivity index (χ1n) is 5.65. The smallest absolute Gasteiger partial charge is 0.270 e. The van der Waals surface area contributed by atoms with Gasteiger partial charge in [-0.1, -0.05) is 12.1 Å². The molecule has 0 spiro atoms. The highest BCUT2D eigenvalue weighted by molar-refractivity contribution is 14.1. The van der Waals surface area contributed by atoms with E-state index < -0.39 is 4.92 Å². The lowest BCUT2D eigenvalue weighted by Gasteiger charge is -2.06. The van der Waals surface area contributed by atoms with Gasteiger partial charge in [0.05, 0.1) is 11.5 Å². The van der Waals surface area contributed by atoms with Crippen LogP contribution in [0.1, 0.15) is 10.4 Å². The molecule has 110 valence electrons. The van der Waals surface area contributed by atoms with Crippen molar-refractivity contribution in [3.8, 4) is 0 Å². The molecule has 0 aliphatic carbocycles. The fourth-order valence-corrected chi connectivity index (χ4v) is 2.20. The number of nitro groups is 1. The lowest BCUT2D eigenvalue weighted by atomic mass is 10.1. The van der Waals surface area contributed by atoms with E-state index in [1.807, 2.05) is 0 Å². The van der Waals surface area contributed by atoms with Crippen molar-refractivity contribution in [2.75, 3.05) is 0 Å². The number of hydrogen-bond acceptors (Lipinski definition) is 4. The molecule has 0 atom stereocenters. The largest absolute Gasteiger partial charge is 0.325 e. The Bertz CT molecular complexity index is 745. The molecular weight excluding hydrogens is 453 g/mol. The Kier molecular flexibility index (Phi) is 6.21. The minimum Gasteiger partial charge on any atom is -0.325 e. The van der Waals surface area contributed by atoms with Crippen LogP contribution in [0.2, 0.25) is 0 Å². The van der Waals surface area contributed by atoms with Crippen LogP contribution in [0.5, 0.6) is 0 Å². The minimum absolute atomic E-state index is 0. The third-order valence-corrected chi connectivity index (χ3v) is 3.32. The van der Waals surface area contributed by atoms with Gasteiger partial charge in [-0.25, -0.2) is 0 Å². The second kappa shape index (κ2) is 7.46. The summed E-state index contributed by atoms with van der Waals surface area (Å²) in [5.74, 6) is -0.269. The van der Waals surface area contributed by atoms with E-state index in [9.17, 15) is 14.9 Å². The van der Waals surface area contributed by atoms with Crippen molar-refractivity contribution in [2.45, 2.75) is 6.54 Å². The van der Waals surface area contributed by atoms with Gasteiger partial charge in [0.2, 0.25) is 0 Å². The summed E-state index contributed by atoms with van der Waals surface area (Å²) in [5, 5.41) is 18.4. The van der Waals surface area contributed by atoms with Crippen LogP contribution in [0.4, 0.5) is 5.69 Å². The number of nitro benzene ring substituents is 1. The third-order valence-electron chi connectivity index (χ3n) is 2.68. The summed E-state index contributed by atoms with van der Waals surface area (Å²) < 4.78 is 2.41. The molecule has 0 aliphatic rings. The molecule has 2 rings (SSSR count). The van der Waals surface area contributed by atoms with Crippen LogP contribution >= 0.6 is 39.6 Å². The Labute approximate surface area is 144 Å². The van der Waals surface area contributed by atoms with Crippen LogP contribution in [0.25, 0.3) is 0 Å². The van der Waals surface area contributed by atoms with Gasteiger partial charge in [-0.2, -0.15) is 0 Å². The number of nitrogens with zero attached hydrogens (tertiary/aromatic N) is 2. The first-order valence-corrected chi connectivity index (χ1v) is 6.73. The molecule has 1 N–H and O–H groups in total. The van der Waals surface area contributed by atoms with Crippen LogP contribution in [0.15, 0.2) is 42.6 Å². The molecule has 1 heterocycles. The molecule has 0 amide bonds. The molecule has 0 aliphatic heterocycles. The van der Waals surface area contributed by atoms with E-state index in [1.54, 1.807) is 18.3 Å². The fourth-order valence-electron chi connectivity index (χ4n) is 1.69. The standard InChI is InChI=1S/C13H10IN3O3.BrH/c14-10-4-5-13(15)16(7-10)8-12(18)9-2-1-3-11(6-9)17(19)20;/h1-7,15H,8H2;1H. The van der Waals surface area contributed by atoms with Crippen LogP contribution in [0, 0.1) is 19.1 Å². The Morgan fingerprint density at radius 2 is 2.05 bits per heavy atom. The number of pyridine rings is 1. The highest BCUT2D eigenvalue weighted by Gasteiger charge is 2.12. The number of nitrogens with one attached hydrogen (secondary N) is 1. The molecule has 0 unspecified atom stereocenters. The predicted octanol–water partition coefficient (Wildman–Crippen LogP) is 2.94. The summed E-state index contributed by atoms with van der Waals surface area (Å²) in [4.78, 5) is 22.3. The third kappa shape index (κ3) is 4.46. The van der Waals surface area contributed by atoms with Crippen molar-refractivity contribution in [3.05, 3.63) is 67.3 Å². The lowest BCUT2D eigenvalue weighted by molar-refractivity contribution is -0.384. The van der Waals surface area contributed by atoms with Crippen LogP contribution in [0.3, 0.4) is 0 Å². The van der Waals surface area contributed by atoms with E-state index in [1.165, 1.54) is 28.8 Å². The van der Waals surface area contributed by atoms with E-state index in [4.69, 9.17) is 5.41 Å². The summed E-state index contributed by atoms with van der Waals surface area (Å²) in [5.41, 5.74) is 0.365. The normalized spacial score (nSPS) is 9.76. The number of carbonyl (C=O) groups is 1. The summed E-state index contributed by atoms with van der Waals surface area (Å²) >= 11 is 2.09. The molecule has 0 saturated heterocycles. The second-order valence-electron chi connectivity index (χ2n) is 4.09. The van der Waals surface area contributed by atoms with E-state index in [2.05, 4.69) is 22.6 Å². The summed E-state index contributed by atoms with van der Waals surface area (Å²) in [6, 6.07) is 8.98. The number of hydrogen-bond donors (Lipinski definition) is 1. The molecule has 0 bridgehead atoms. The average Bonchev–Trinajstić information content (AvgIpc) is 2.43. The number of non-ortho nitro benzene ring substituents is 1. The van der Waals surface area contributed by atoms with Crippen molar-refractivity contribution in [2.24, 2.45) is 0 Å². The van der Waals surface area contributed by atoms with Crippen LogP contribution in [-0.4, -0.2) is 15.3 Å². The second-order valence-corrected chi connectivity index (χ2v) is 5.34. The number of benzene rings is 1. The first kappa shape index (κ1) is 17.5. The van der Waals surface area contributed by atoms with Gasteiger partial charge in [0.25, 0.3) is 5.69 Å². The first-order chi connectivity index (χ1) is 9.47. The number of aromatic nitrogens is 1. The maximum absolute atomic E-state index is 12.1. The zero-order valence-corrected chi connectivity index (χ0v) is 14.5. The van der Waals surface area contributed by atoms with Crippen LogP contribution < -0.4 is 5.49 Å². The van der Waals surface area contributed by atoms with Crippen molar-refractivity contribution < 1.29 is 9.72 Å². The molecule has 0 fully saturated rings. The molecule has 2 aromatic rings. The Morgan fingerprint density at radius 3 is 2.71 bits per heavy atom. The molecule has 21 heavy (non-hydrogen) atoms. The molecule has 1 aromatic heterocycles. The van der Waals surface area contributed by atoms with Crippen LogP contribution in [-0.2, 0) is 6.54 Å². The van der Waals surface area contributed by atoms with Gasteiger partial charge in [-0.05, 0) is 34.7 Å². The molecule has 8 heteroatoms. The highest BCUT2D eigenvalue weighted by atomic mass is 127. The van der Waals surface area contributed by atoms with Crippen molar-refractivity contribution in [1.82, 2.24) is 4.57 Å². The highest BCUT2D eigenvalue weighted by Crippen LogP contribution is 2.14. The monoisotopic (exact) mass is 463 g/mol. The van der Waals surface area contributed by atoms with E-state index in [0.29, 0.717) is 0 Å². The summed E-state index contributed by atoms with van der Waals surface area (Å²) in [6.45, 7) is -0.0170. The molecule has 1 aromatic carbocycles. The topological polar surface area (TPSA) is 89.0 Å². The maximum Gasteiger partial charge on any atom is 0.270 e. The maximum atomic E-state index is 12.1. The van der Waals surface area contributed by atoms with E-state index in [-0.39, 0.29) is 46.0 Å². The van der Waals surface area contributed by atoms with Crippen molar-refractivity contribution in [1.29, 1.82) is 5.41 Å². The van der Waals surface area contributed by atoms with E-state index >= 15 is 0 Å². The number of rotatable bonds is 4. The van der Waals surface area contributed by atoms with Gasteiger partial charge in [-0.3, -0.25) is 20.3 Å². The Morgan fingerprint density at radius 1 is 1.33 bits per heavy atom. The predicted molar refractivity (Wildman–Crippen MR) is 90.8 cm³/mol. The average molecular weight is 464 g/mol.